The number of fused-ring (bicyclic) bond motifs is 2. The molecule has 1 amide bonds. The Balaban J connectivity index is 1.21. The fourth-order valence-corrected chi connectivity index (χ4v) is 4.82. The van der Waals surface area contributed by atoms with Crippen molar-refractivity contribution in [2.45, 2.75) is 25.8 Å². The van der Waals surface area contributed by atoms with Crippen LogP contribution in [0.15, 0.2) is 30.7 Å². The van der Waals surface area contributed by atoms with Gasteiger partial charge in [-0.2, -0.15) is 0 Å². The number of ether oxygens (including phenoxy) is 2. The summed E-state index contributed by atoms with van der Waals surface area (Å²) in [7, 11) is 0. The number of hydrogen-bond acceptors (Lipinski definition) is 7. The lowest BCUT2D eigenvalue weighted by molar-refractivity contribution is -0.149. The van der Waals surface area contributed by atoms with E-state index in [2.05, 4.69) is 26.6 Å². The summed E-state index contributed by atoms with van der Waals surface area (Å²) in [4.78, 5) is 19.2. The molecule has 0 unspecified atom stereocenters. The standard InChI is InChI=1S/C24H25FN6O3/c25-20-3-4-21-17(6-9-34-21)19(20)11-27-24-26-10-18(22-29-28-14-31(22)24)15-2-1-7-30(8-5-15)23(32)16-12-33-13-16/h2-4,10,14,16H,1,5-9,11-13H2,(H,26,27). The molecule has 1 aromatic carbocycles. The van der Waals surface area contributed by atoms with Crippen molar-refractivity contribution in [2.24, 2.45) is 5.92 Å². The molecule has 5 heterocycles. The molecule has 0 radical (unpaired) electrons. The molecule has 1 fully saturated rings. The lowest BCUT2D eigenvalue weighted by Crippen LogP contribution is -2.45. The second kappa shape index (κ2) is 8.68. The molecular formula is C24H25FN6O3. The number of carbonyl (C=O) groups excluding carboxylic acids is 1. The highest BCUT2D eigenvalue weighted by molar-refractivity contribution is 5.81. The number of anilines is 1. The van der Waals surface area contributed by atoms with Crippen LogP contribution in [0.25, 0.3) is 11.2 Å². The first kappa shape index (κ1) is 21.0. The Morgan fingerprint density at radius 3 is 3.00 bits per heavy atom. The van der Waals surface area contributed by atoms with Crippen molar-refractivity contribution < 1.29 is 18.7 Å². The summed E-state index contributed by atoms with van der Waals surface area (Å²) in [6.07, 6.45) is 7.73. The molecule has 0 atom stereocenters. The molecule has 3 aliphatic rings. The summed E-state index contributed by atoms with van der Waals surface area (Å²) in [5, 5.41) is 11.7. The number of amides is 1. The molecule has 3 aliphatic heterocycles. The van der Waals surface area contributed by atoms with Gasteiger partial charge in [0, 0.05) is 48.9 Å². The first-order chi connectivity index (χ1) is 16.7. The van der Waals surface area contributed by atoms with Gasteiger partial charge >= 0.3 is 0 Å². The van der Waals surface area contributed by atoms with E-state index in [9.17, 15) is 9.18 Å². The molecule has 0 aliphatic carbocycles. The van der Waals surface area contributed by atoms with Crippen molar-refractivity contribution in [1.82, 2.24) is 24.5 Å². The van der Waals surface area contributed by atoms with Gasteiger partial charge in [-0.25, -0.2) is 9.37 Å². The number of hydrogen-bond donors (Lipinski definition) is 1. The van der Waals surface area contributed by atoms with Gasteiger partial charge in [-0.3, -0.25) is 9.20 Å². The Hall–Kier alpha value is -3.53. The van der Waals surface area contributed by atoms with E-state index in [1.54, 1.807) is 23.0 Å². The van der Waals surface area contributed by atoms with Gasteiger partial charge in [-0.05, 0) is 30.5 Å². The summed E-state index contributed by atoms with van der Waals surface area (Å²) < 4.78 is 27.1. The van der Waals surface area contributed by atoms with Crippen molar-refractivity contribution in [3.8, 4) is 5.75 Å². The van der Waals surface area contributed by atoms with Crippen molar-refractivity contribution in [3.63, 3.8) is 0 Å². The van der Waals surface area contributed by atoms with E-state index in [0.29, 0.717) is 56.5 Å². The maximum atomic E-state index is 14.5. The molecule has 0 spiro atoms. The van der Waals surface area contributed by atoms with Crippen molar-refractivity contribution >= 4 is 23.1 Å². The van der Waals surface area contributed by atoms with Crippen LogP contribution in [0.2, 0.25) is 0 Å². The highest BCUT2D eigenvalue weighted by Crippen LogP contribution is 2.31. The zero-order valence-corrected chi connectivity index (χ0v) is 18.7. The highest BCUT2D eigenvalue weighted by Gasteiger charge is 2.31. The molecule has 9 nitrogen and oxygen atoms in total. The smallest absolute Gasteiger partial charge is 0.230 e. The molecule has 0 bridgehead atoms. The molecule has 1 saturated heterocycles. The van der Waals surface area contributed by atoms with E-state index < -0.39 is 0 Å². The Kier molecular flexibility index (Phi) is 5.37. The van der Waals surface area contributed by atoms with Gasteiger partial charge in [0.1, 0.15) is 17.9 Å². The number of nitrogens with one attached hydrogen (secondary N) is 1. The van der Waals surface area contributed by atoms with Crippen molar-refractivity contribution in [3.05, 3.63) is 53.2 Å². The van der Waals surface area contributed by atoms with Crippen LogP contribution < -0.4 is 10.1 Å². The van der Waals surface area contributed by atoms with Crippen LogP contribution in [0.5, 0.6) is 5.75 Å². The van der Waals surface area contributed by atoms with Gasteiger partial charge in [-0.15, -0.1) is 10.2 Å². The molecule has 34 heavy (non-hydrogen) atoms. The largest absolute Gasteiger partial charge is 0.493 e. The van der Waals surface area contributed by atoms with Gasteiger partial charge in [0.05, 0.1) is 25.7 Å². The van der Waals surface area contributed by atoms with Crippen LogP contribution in [-0.2, 0) is 22.5 Å². The third-order valence-corrected chi connectivity index (χ3v) is 6.78. The van der Waals surface area contributed by atoms with Crippen LogP contribution in [0.3, 0.4) is 0 Å². The minimum absolute atomic E-state index is 0.000906. The van der Waals surface area contributed by atoms with E-state index in [1.165, 1.54) is 6.07 Å². The Bertz CT molecular complexity index is 1290. The maximum absolute atomic E-state index is 14.5. The van der Waals surface area contributed by atoms with Gasteiger partial charge in [0.15, 0.2) is 5.65 Å². The number of carbonyl (C=O) groups is 1. The van der Waals surface area contributed by atoms with Crippen LogP contribution in [0.4, 0.5) is 10.3 Å². The average molecular weight is 465 g/mol. The molecule has 6 rings (SSSR count). The quantitative estimate of drug-likeness (QED) is 0.620. The van der Waals surface area contributed by atoms with Crippen LogP contribution in [-0.4, -0.2) is 63.3 Å². The van der Waals surface area contributed by atoms with Crippen molar-refractivity contribution in [1.29, 1.82) is 0 Å². The Labute approximate surface area is 195 Å². The van der Waals surface area contributed by atoms with E-state index in [0.717, 1.165) is 35.3 Å². The first-order valence-electron chi connectivity index (χ1n) is 11.6. The summed E-state index contributed by atoms with van der Waals surface area (Å²) in [5.74, 6) is 1.20. The van der Waals surface area contributed by atoms with Crippen LogP contribution in [0.1, 0.15) is 29.5 Å². The Morgan fingerprint density at radius 1 is 1.24 bits per heavy atom. The molecule has 2 aromatic heterocycles. The van der Waals surface area contributed by atoms with Crippen LogP contribution >= 0.6 is 0 Å². The zero-order valence-electron chi connectivity index (χ0n) is 18.7. The van der Waals surface area contributed by atoms with Gasteiger partial charge in [0.2, 0.25) is 11.9 Å². The molecule has 1 N–H and O–H groups in total. The van der Waals surface area contributed by atoms with Gasteiger partial charge < -0.3 is 19.7 Å². The number of nitrogens with zero attached hydrogens (tertiary/aromatic N) is 5. The average Bonchev–Trinajstić information content (AvgIpc) is 3.42. The van der Waals surface area contributed by atoms with Gasteiger partial charge in [0.25, 0.3) is 0 Å². The fraction of sp³-hybridized carbons (Fsp3) is 0.417. The number of benzene rings is 1. The zero-order chi connectivity index (χ0) is 23.1. The van der Waals surface area contributed by atoms with E-state index in [4.69, 9.17) is 9.47 Å². The minimum Gasteiger partial charge on any atom is -0.493 e. The number of halogens is 1. The summed E-state index contributed by atoms with van der Waals surface area (Å²) >= 11 is 0. The maximum Gasteiger partial charge on any atom is 0.230 e. The molecule has 176 valence electrons. The second-order valence-corrected chi connectivity index (χ2v) is 8.80. The molecule has 3 aromatic rings. The second-order valence-electron chi connectivity index (χ2n) is 8.80. The predicted octanol–water partition coefficient (Wildman–Crippen LogP) is 2.46. The summed E-state index contributed by atoms with van der Waals surface area (Å²) in [5.41, 5.74) is 4.17. The number of rotatable bonds is 5. The van der Waals surface area contributed by atoms with E-state index in [-0.39, 0.29) is 24.2 Å². The third kappa shape index (κ3) is 3.67. The predicted molar refractivity (Wildman–Crippen MR) is 122 cm³/mol. The number of aromatic nitrogens is 4. The molecular weight excluding hydrogens is 439 g/mol. The third-order valence-electron chi connectivity index (χ3n) is 6.78. The minimum atomic E-state index is -0.260. The SMILES string of the molecule is O=C(C1COC1)N1CCC=C(c2cnc(NCc3c(F)ccc4c3CCO4)n3cnnc23)CC1. The van der Waals surface area contributed by atoms with Crippen molar-refractivity contribution in [2.75, 3.05) is 38.2 Å². The monoisotopic (exact) mass is 464 g/mol. The topological polar surface area (TPSA) is 93.9 Å². The lowest BCUT2D eigenvalue weighted by Gasteiger charge is -2.31. The first-order valence-corrected chi connectivity index (χ1v) is 11.6. The summed E-state index contributed by atoms with van der Waals surface area (Å²) in [6, 6.07) is 3.12. The normalized spacial score (nSPS) is 18.1. The Morgan fingerprint density at radius 2 is 2.15 bits per heavy atom. The van der Waals surface area contributed by atoms with Crippen LogP contribution in [0, 0.1) is 11.7 Å². The van der Waals surface area contributed by atoms with E-state index in [1.807, 2.05) is 4.90 Å². The van der Waals surface area contributed by atoms with Gasteiger partial charge in [-0.1, -0.05) is 6.08 Å². The molecule has 0 saturated carbocycles. The molecule has 10 heteroatoms. The highest BCUT2D eigenvalue weighted by atomic mass is 19.1. The lowest BCUT2D eigenvalue weighted by atomic mass is 10.0. The fourth-order valence-electron chi connectivity index (χ4n) is 4.82. The summed E-state index contributed by atoms with van der Waals surface area (Å²) in [6.45, 7) is 3.26. The van der Waals surface area contributed by atoms with E-state index >= 15 is 0 Å².